The van der Waals surface area contributed by atoms with E-state index in [1.807, 2.05) is 13.8 Å². The zero-order valence-electron chi connectivity index (χ0n) is 10.8. The fourth-order valence-electron chi connectivity index (χ4n) is 3.04. The quantitative estimate of drug-likeness (QED) is 0.795. The van der Waals surface area contributed by atoms with E-state index in [1.54, 1.807) is 0 Å². The number of nitrogens with zero attached hydrogens (tertiary/aromatic N) is 1. The van der Waals surface area contributed by atoms with E-state index in [0.717, 1.165) is 38.9 Å². The molecule has 0 aromatic rings. The summed E-state index contributed by atoms with van der Waals surface area (Å²) < 4.78 is 5.77. The van der Waals surface area contributed by atoms with Crippen LogP contribution < -0.4 is 0 Å². The van der Waals surface area contributed by atoms with Gasteiger partial charge in [-0.1, -0.05) is 0 Å². The smallest absolute Gasteiger partial charge is 0.137 e. The topological polar surface area (TPSA) is 49.8 Å². The molecule has 1 saturated heterocycles. The first kappa shape index (κ1) is 13.0. The van der Waals surface area contributed by atoms with Crippen LogP contribution in [0.4, 0.5) is 0 Å². The minimum absolute atomic E-state index is 0.0541. The highest BCUT2D eigenvalue weighted by Gasteiger charge is 2.35. The molecule has 1 saturated carbocycles. The third-order valence-electron chi connectivity index (χ3n) is 3.67. The third-order valence-corrected chi connectivity index (χ3v) is 3.67. The monoisotopic (exact) mass is 241 g/mol. The van der Waals surface area contributed by atoms with Crippen LogP contribution in [0.15, 0.2) is 0 Å². The molecular weight excluding hydrogens is 218 g/mol. The number of carbonyl (C=O) groups is 1. The van der Waals surface area contributed by atoms with E-state index >= 15 is 0 Å². The zero-order chi connectivity index (χ0) is 12.5. The molecular formula is C13H23NO3. The molecule has 17 heavy (non-hydrogen) atoms. The normalized spacial score (nSPS) is 34.2. The summed E-state index contributed by atoms with van der Waals surface area (Å²) >= 11 is 0. The molecule has 0 aromatic carbocycles. The van der Waals surface area contributed by atoms with Crippen molar-refractivity contribution in [3.8, 4) is 0 Å². The summed E-state index contributed by atoms with van der Waals surface area (Å²) in [6, 6.07) is 0. The number of hydrogen-bond acceptors (Lipinski definition) is 4. The Balaban J connectivity index is 1.93. The molecule has 2 rings (SSSR count). The molecule has 0 aromatic heterocycles. The second-order valence-electron chi connectivity index (χ2n) is 5.93. The van der Waals surface area contributed by atoms with Gasteiger partial charge in [-0.2, -0.15) is 0 Å². The zero-order valence-corrected chi connectivity index (χ0v) is 10.8. The Morgan fingerprint density at radius 3 is 2.88 bits per heavy atom. The standard InChI is InChI=1S/C13H23NO3/c1-13(2)9-14(7-11(8-15)17-13)6-10-4-3-5-12(10)16/h10-11,15H,3-9H2,1-2H3. The lowest BCUT2D eigenvalue weighted by Gasteiger charge is -2.43. The number of aliphatic hydroxyl groups excluding tert-OH is 1. The summed E-state index contributed by atoms with van der Waals surface area (Å²) in [6.45, 7) is 6.55. The van der Waals surface area contributed by atoms with Crippen molar-refractivity contribution in [1.29, 1.82) is 0 Å². The number of ketones is 1. The van der Waals surface area contributed by atoms with Crippen LogP contribution in [0.3, 0.4) is 0 Å². The molecule has 2 atom stereocenters. The molecule has 2 aliphatic rings. The minimum atomic E-state index is -0.229. The number of morpholine rings is 1. The Kier molecular flexibility index (Phi) is 3.85. The van der Waals surface area contributed by atoms with Crippen LogP contribution in [-0.2, 0) is 9.53 Å². The van der Waals surface area contributed by atoms with Gasteiger partial charge >= 0.3 is 0 Å². The number of carbonyl (C=O) groups excluding carboxylic acids is 1. The van der Waals surface area contributed by atoms with Crippen molar-refractivity contribution in [1.82, 2.24) is 4.90 Å². The molecule has 0 amide bonds. The van der Waals surface area contributed by atoms with Gasteiger partial charge in [0.05, 0.1) is 18.3 Å². The number of ether oxygens (including phenoxy) is 1. The molecule has 0 spiro atoms. The molecule has 1 N–H and O–H groups in total. The van der Waals surface area contributed by atoms with Crippen LogP contribution in [0, 0.1) is 5.92 Å². The highest BCUT2D eigenvalue weighted by atomic mass is 16.5. The summed E-state index contributed by atoms with van der Waals surface area (Å²) in [6.07, 6.45) is 2.71. The summed E-state index contributed by atoms with van der Waals surface area (Å²) in [7, 11) is 0. The van der Waals surface area contributed by atoms with Crippen LogP contribution >= 0.6 is 0 Å². The molecule has 98 valence electrons. The van der Waals surface area contributed by atoms with Crippen molar-refractivity contribution in [2.75, 3.05) is 26.2 Å². The van der Waals surface area contributed by atoms with Crippen molar-refractivity contribution < 1.29 is 14.6 Å². The van der Waals surface area contributed by atoms with E-state index in [-0.39, 0.29) is 24.2 Å². The maximum atomic E-state index is 11.7. The summed E-state index contributed by atoms with van der Waals surface area (Å²) in [5, 5.41) is 9.24. The molecule has 1 aliphatic heterocycles. The van der Waals surface area contributed by atoms with Crippen LogP contribution in [0.1, 0.15) is 33.1 Å². The van der Waals surface area contributed by atoms with E-state index in [9.17, 15) is 9.90 Å². The van der Waals surface area contributed by atoms with Gasteiger partial charge in [0.1, 0.15) is 5.78 Å². The fraction of sp³-hybridized carbons (Fsp3) is 0.923. The molecule has 1 heterocycles. The lowest BCUT2D eigenvalue weighted by atomic mass is 10.0. The highest BCUT2D eigenvalue weighted by molar-refractivity contribution is 5.83. The van der Waals surface area contributed by atoms with Gasteiger partial charge in [-0.25, -0.2) is 0 Å². The average molecular weight is 241 g/mol. The van der Waals surface area contributed by atoms with Crippen LogP contribution in [0.2, 0.25) is 0 Å². The number of Topliss-reactive ketones (excluding diaryl/α,β-unsaturated/α-hetero) is 1. The fourth-order valence-corrected chi connectivity index (χ4v) is 3.04. The maximum absolute atomic E-state index is 11.7. The molecule has 0 bridgehead atoms. The lowest BCUT2D eigenvalue weighted by molar-refractivity contribution is -0.152. The van der Waals surface area contributed by atoms with E-state index < -0.39 is 0 Å². The summed E-state index contributed by atoms with van der Waals surface area (Å²) in [5.74, 6) is 0.623. The first-order valence-corrected chi connectivity index (χ1v) is 6.54. The van der Waals surface area contributed by atoms with Crippen LogP contribution in [0.25, 0.3) is 0 Å². The highest BCUT2D eigenvalue weighted by Crippen LogP contribution is 2.26. The summed E-state index contributed by atoms with van der Waals surface area (Å²) in [4.78, 5) is 13.9. The predicted octanol–water partition coefficient (Wildman–Crippen LogP) is 0.827. The van der Waals surface area contributed by atoms with Gasteiger partial charge in [0.15, 0.2) is 0 Å². The van der Waals surface area contributed by atoms with Crippen molar-refractivity contribution >= 4 is 5.78 Å². The van der Waals surface area contributed by atoms with Crippen LogP contribution in [-0.4, -0.2) is 53.7 Å². The van der Waals surface area contributed by atoms with Gasteiger partial charge in [0, 0.05) is 32.0 Å². The molecule has 0 radical (unpaired) electrons. The number of aliphatic hydroxyl groups is 1. The number of hydrogen-bond donors (Lipinski definition) is 1. The van der Waals surface area contributed by atoms with E-state index in [0.29, 0.717) is 5.78 Å². The van der Waals surface area contributed by atoms with Crippen molar-refractivity contribution in [3.63, 3.8) is 0 Å². The van der Waals surface area contributed by atoms with Gasteiger partial charge in [0.25, 0.3) is 0 Å². The molecule has 2 unspecified atom stereocenters. The predicted molar refractivity (Wildman–Crippen MR) is 64.8 cm³/mol. The third kappa shape index (κ3) is 3.27. The van der Waals surface area contributed by atoms with Crippen LogP contribution in [0.5, 0.6) is 0 Å². The first-order valence-electron chi connectivity index (χ1n) is 6.54. The van der Waals surface area contributed by atoms with Crippen molar-refractivity contribution in [2.45, 2.75) is 44.8 Å². The van der Waals surface area contributed by atoms with Gasteiger partial charge in [0.2, 0.25) is 0 Å². The second-order valence-corrected chi connectivity index (χ2v) is 5.93. The molecule has 4 nitrogen and oxygen atoms in total. The lowest BCUT2D eigenvalue weighted by Crippen LogP contribution is -2.54. The molecule has 1 aliphatic carbocycles. The van der Waals surface area contributed by atoms with E-state index in [4.69, 9.17) is 4.74 Å². The Labute approximate surface area is 103 Å². The van der Waals surface area contributed by atoms with Crippen molar-refractivity contribution in [3.05, 3.63) is 0 Å². The van der Waals surface area contributed by atoms with E-state index in [2.05, 4.69) is 4.90 Å². The number of rotatable bonds is 3. The van der Waals surface area contributed by atoms with Crippen molar-refractivity contribution in [2.24, 2.45) is 5.92 Å². The Bertz CT molecular complexity index is 290. The van der Waals surface area contributed by atoms with Gasteiger partial charge < -0.3 is 9.84 Å². The largest absolute Gasteiger partial charge is 0.394 e. The molecule has 4 heteroatoms. The minimum Gasteiger partial charge on any atom is -0.394 e. The average Bonchev–Trinajstić information content (AvgIpc) is 2.62. The SMILES string of the molecule is CC1(C)CN(CC2CCCC2=O)CC(CO)O1. The Hall–Kier alpha value is -0.450. The Morgan fingerprint density at radius 1 is 1.53 bits per heavy atom. The van der Waals surface area contributed by atoms with Gasteiger partial charge in [-0.3, -0.25) is 9.69 Å². The second kappa shape index (κ2) is 5.04. The van der Waals surface area contributed by atoms with Gasteiger partial charge in [-0.15, -0.1) is 0 Å². The van der Waals surface area contributed by atoms with E-state index in [1.165, 1.54) is 0 Å². The maximum Gasteiger partial charge on any atom is 0.137 e. The summed E-state index contributed by atoms with van der Waals surface area (Å²) in [5.41, 5.74) is -0.229. The molecule has 2 fully saturated rings. The first-order chi connectivity index (χ1) is 8.00. The van der Waals surface area contributed by atoms with Gasteiger partial charge in [-0.05, 0) is 26.7 Å². The Morgan fingerprint density at radius 2 is 2.29 bits per heavy atom.